The maximum Gasteiger partial charge on any atom is 0.289 e. The minimum atomic E-state index is -0.485. The third kappa shape index (κ3) is 4.73. The van der Waals surface area contributed by atoms with Gasteiger partial charge in [0.1, 0.15) is 11.6 Å². The zero-order valence-corrected chi connectivity index (χ0v) is 15.1. The molecule has 1 N–H and O–H groups in total. The smallest absolute Gasteiger partial charge is 0.289 e. The Labute approximate surface area is 160 Å². The van der Waals surface area contributed by atoms with Crippen LogP contribution in [0.3, 0.4) is 0 Å². The zero-order valence-electron chi connectivity index (χ0n) is 15.1. The number of nitrogens with one attached hydrogen (secondary N) is 1. The van der Waals surface area contributed by atoms with Gasteiger partial charge in [-0.1, -0.05) is 12.1 Å². The Balaban J connectivity index is 1.60. The number of nitrogens with zero attached hydrogens (tertiary/aromatic N) is 2. The molecule has 3 aromatic rings. The van der Waals surface area contributed by atoms with Crippen LogP contribution in [0.25, 0.3) is 0 Å². The van der Waals surface area contributed by atoms with E-state index in [0.717, 1.165) is 0 Å². The highest BCUT2D eigenvalue weighted by Gasteiger charge is 2.19. The molecule has 0 spiro atoms. The number of benzene rings is 1. The standard InChI is InChI=1S/C20H18FN3O4/c1-23(13-18(25)22-15-6-4-5-14(21)11-15)20(27)17-9-8-16(28-17)12-24-10-3-2-7-19(24)26/h2-11H,12-13H2,1H3,(H,22,25). The summed E-state index contributed by atoms with van der Waals surface area (Å²) < 4.78 is 20.1. The molecule has 0 radical (unpaired) electrons. The fourth-order valence-electron chi connectivity index (χ4n) is 2.58. The predicted molar refractivity (Wildman–Crippen MR) is 101 cm³/mol. The number of aromatic nitrogens is 1. The van der Waals surface area contributed by atoms with Crippen molar-refractivity contribution in [3.05, 3.63) is 88.5 Å². The first-order valence-electron chi connectivity index (χ1n) is 8.47. The summed E-state index contributed by atoms with van der Waals surface area (Å²) in [7, 11) is 1.46. The lowest BCUT2D eigenvalue weighted by molar-refractivity contribution is -0.116. The molecule has 144 valence electrons. The maximum atomic E-state index is 13.2. The molecule has 0 aliphatic carbocycles. The van der Waals surface area contributed by atoms with Gasteiger partial charge < -0.3 is 19.2 Å². The number of furan rings is 1. The quantitative estimate of drug-likeness (QED) is 0.708. The molecule has 0 fully saturated rings. The first-order valence-corrected chi connectivity index (χ1v) is 8.47. The summed E-state index contributed by atoms with van der Waals surface area (Å²) in [5.74, 6) is -0.928. The van der Waals surface area contributed by atoms with Crippen molar-refractivity contribution in [2.75, 3.05) is 18.9 Å². The van der Waals surface area contributed by atoms with E-state index in [4.69, 9.17) is 4.42 Å². The largest absolute Gasteiger partial charge is 0.454 e. The van der Waals surface area contributed by atoms with E-state index in [-0.39, 0.29) is 24.4 Å². The van der Waals surface area contributed by atoms with Crippen LogP contribution in [-0.2, 0) is 11.3 Å². The van der Waals surface area contributed by atoms with Gasteiger partial charge in [0.05, 0.1) is 13.1 Å². The monoisotopic (exact) mass is 383 g/mol. The summed E-state index contributed by atoms with van der Waals surface area (Å²) in [6.07, 6.45) is 1.62. The lowest BCUT2D eigenvalue weighted by Crippen LogP contribution is -2.34. The van der Waals surface area contributed by atoms with Crippen LogP contribution in [-0.4, -0.2) is 34.9 Å². The van der Waals surface area contributed by atoms with Crippen molar-refractivity contribution in [3.63, 3.8) is 0 Å². The van der Waals surface area contributed by atoms with Gasteiger partial charge in [-0.25, -0.2) is 4.39 Å². The van der Waals surface area contributed by atoms with E-state index < -0.39 is 17.6 Å². The van der Waals surface area contributed by atoms with Crippen LogP contribution >= 0.6 is 0 Å². The van der Waals surface area contributed by atoms with Crippen molar-refractivity contribution in [1.82, 2.24) is 9.47 Å². The Morgan fingerprint density at radius 3 is 2.71 bits per heavy atom. The van der Waals surface area contributed by atoms with Crippen molar-refractivity contribution >= 4 is 17.5 Å². The average Bonchev–Trinajstić information content (AvgIpc) is 3.11. The van der Waals surface area contributed by atoms with E-state index in [0.29, 0.717) is 11.4 Å². The van der Waals surface area contributed by atoms with E-state index in [1.54, 1.807) is 30.5 Å². The molecule has 0 aliphatic rings. The van der Waals surface area contributed by atoms with Crippen molar-refractivity contribution in [2.24, 2.45) is 0 Å². The molecular formula is C20H18FN3O4. The van der Waals surface area contributed by atoms with Crippen LogP contribution in [0, 0.1) is 5.82 Å². The molecule has 8 heteroatoms. The fraction of sp³-hybridized carbons (Fsp3) is 0.150. The first kappa shape index (κ1) is 19.1. The van der Waals surface area contributed by atoms with E-state index >= 15 is 0 Å². The first-order chi connectivity index (χ1) is 13.4. The molecule has 0 saturated heterocycles. The number of likely N-dealkylation sites (N-methyl/N-ethyl adjacent to an activating group) is 1. The van der Waals surface area contributed by atoms with E-state index in [1.165, 1.54) is 46.8 Å². The molecule has 0 aliphatic heterocycles. The molecule has 0 atom stereocenters. The summed E-state index contributed by atoms with van der Waals surface area (Å²) in [5.41, 5.74) is 0.123. The molecule has 2 amide bonds. The number of amides is 2. The van der Waals surface area contributed by atoms with Gasteiger partial charge in [-0.3, -0.25) is 14.4 Å². The highest BCUT2D eigenvalue weighted by Crippen LogP contribution is 2.12. The summed E-state index contributed by atoms with van der Waals surface area (Å²) in [6.45, 7) is -0.0414. The molecule has 3 rings (SSSR count). The number of rotatable bonds is 6. The van der Waals surface area contributed by atoms with Gasteiger partial charge >= 0.3 is 0 Å². The van der Waals surface area contributed by atoms with Crippen molar-refractivity contribution in [2.45, 2.75) is 6.54 Å². The molecule has 1 aromatic carbocycles. The molecule has 2 heterocycles. The van der Waals surface area contributed by atoms with E-state index in [1.807, 2.05) is 0 Å². The van der Waals surface area contributed by atoms with Gasteiger partial charge in [-0.15, -0.1) is 0 Å². The second kappa shape index (κ2) is 8.34. The fourth-order valence-corrected chi connectivity index (χ4v) is 2.58. The number of carbonyl (C=O) groups is 2. The molecule has 7 nitrogen and oxygen atoms in total. The van der Waals surface area contributed by atoms with Gasteiger partial charge in [0, 0.05) is 25.0 Å². The summed E-state index contributed by atoms with van der Waals surface area (Å²) in [4.78, 5) is 37.4. The van der Waals surface area contributed by atoms with Crippen LogP contribution in [0.15, 0.2) is 70.0 Å². The molecule has 28 heavy (non-hydrogen) atoms. The topological polar surface area (TPSA) is 84.5 Å². The molecule has 0 bridgehead atoms. The minimum absolute atomic E-state index is 0.0556. The van der Waals surface area contributed by atoms with Crippen molar-refractivity contribution < 1.29 is 18.4 Å². The summed E-state index contributed by atoms with van der Waals surface area (Å²) in [6, 6.07) is 13.4. The Morgan fingerprint density at radius 1 is 1.14 bits per heavy atom. The van der Waals surface area contributed by atoms with E-state index in [2.05, 4.69) is 5.32 Å². The number of halogens is 1. The second-order valence-corrected chi connectivity index (χ2v) is 6.15. The molecular weight excluding hydrogens is 365 g/mol. The van der Waals surface area contributed by atoms with Gasteiger partial charge in [-0.2, -0.15) is 0 Å². The lowest BCUT2D eigenvalue weighted by atomic mass is 10.3. The third-order valence-electron chi connectivity index (χ3n) is 3.93. The van der Waals surface area contributed by atoms with Crippen LogP contribution in [0.5, 0.6) is 0 Å². The zero-order chi connectivity index (χ0) is 20.1. The number of hydrogen-bond donors (Lipinski definition) is 1. The van der Waals surface area contributed by atoms with Gasteiger partial charge in [-0.05, 0) is 36.4 Å². The van der Waals surface area contributed by atoms with Crippen LogP contribution in [0.1, 0.15) is 16.3 Å². The summed E-state index contributed by atoms with van der Waals surface area (Å²) in [5, 5.41) is 2.52. The number of hydrogen-bond acceptors (Lipinski definition) is 4. The third-order valence-corrected chi connectivity index (χ3v) is 3.93. The number of carbonyl (C=O) groups excluding carboxylic acids is 2. The normalized spacial score (nSPS) is 10.5. The Bertz CT molecular complexity index is 1060. The average molecular weight is 383 g/mol. The Hall–Kier alpha value is -3.68. The second-order valence-electron chi connectivity index (χ2n) is 6.15. The molecule has 0 unspecified atom stereocenters. The maximum absolute atomic E-state index is 13.2. The Morgan fingerprint density at radius 2 is 1.96 bits per heavy atom. The minimum Gasteiger partial charge on any atom is -0.454 e. The van der Waals surface area contributed by atoms with Gasteiger partial charge in [0.25, 0.3) is 11.5 Å². The van der Waals surface area contributed by atoms with Gasteiger partial charge in [0.2, 0.25) is 5.91 Å². The lowest BCUT2D eigenvalue weighted by Gasteiger charge is -2.15. The molecule has 2 aromatic heterocycles. The number of anilines is 1. The number of pyridine rings is 1. The SMILES string of the molecule is CN(CC(=O)Nc1cccc(F)c1)C(=O)c1ccc(Cn2ccccc2=O)o1. The van der Waals surface area contributed by atoms with Crippen LogP contribution in [0.4, 0.5) is 10.1 Å². The van der Waals surface area contributed by atoms with Gasteiger partial charge in [0.15, 0.2) is 5.76 Å². The van der Waals surface area contributed by atoms with Crippen LogP contribution < -0.4 is 10.9 Å². The van der Waals surface area contributed by atoms with E-state index in [9.17, 15) is 18.8 Å². The molecule has 0 saturated carbocycles. The van der Waals surface area contributed by atoms with Crippen molar-refractivity contribution in [1.29, 1.82) is 0 Å². The highest BCUT2D eigenvalue weighted by atomic mass is 19.1. The predicted octanol–water partition coefficient (Wildman–Crippen LogP) is 2.34. The van der Waals surface area contributed by atoms with Crippen molar-refractivity contribution in [3.8, 4) is 0 Å². The summed E-state index contributed by atoms with van der Waals surface area (Å²) >= 11 is 0. The Kier molecular flexibility index (Phi) is 5.69. The highest BCUT2D eigenvalue weighted by molar-refractivity contribution is 5.97. The van der Waals surface area contributed by atoms with Crippen LogP contribution in [0.2, 0.25) is 0 Å².